The van der Waals surface area contributed by atoms with E-state index in [9.17, 15) is 0 Å². The zero-order valence-corrected chi connectivity index (χ0v) is 8.59. The van der Waals surface area contributed by atoms with Crippen molar-refractivity contribution in [2.75, 3.05) is 13.6 Å². The Labute approximate surface area is 80.1 Å². The topological polar surface area (TPSA) is 38.0 Å². The fourth-order valence-electron chi connectivity index (χ4n) is 1.76. The van der Waals surface area contributed by atoms with Crippen molar-refractivity contribution in [3.05, 3.63) is 34.9 Å². The second-order valence-corrected chi connectivity index (χ2v) is 3.38. The minimum Gasteiger partial charge on any atom is -0.329 e. The molecule has 0 aliphatic heterocycles. The number of hydrogen-bond acceptors (Lipinski definition) is 2. The van der Waals surface area contributed by atoms with Crippen LogP contribution >= 0.6 is 0 Å². The maximum Gasteiger partial charge on any atom is 0.0447 e. The van der Waals surface area contributed by atoms with Crippen molar-refractivity contribution in [3.63, 3.8) is 0 Å². The second kappa shape index (κ2) is 4.40. The quantitative estimate of drug-likeness (QED) is 0.736. The summed E-state index contributed by atoms with van der Waals surface area (Å²) in [6, 6.07) is 6.61. The summed E-state index contributed by atoms with van der Waals surface area (Å²) in [5.41, 5.74) is 9.65. The van der Waals surface area contributed by atoms with Gasteiger partial charge in [-0.3, -0.25) is 0 Å². The van der Waals surface area contributed by atoms with Crippen LogP contribution < -0.4 is 11.1 Å². The lowest BCUT2D eigenvalue weighted by Gasteiger charge is -2.19. The Balaban J connectivity index is 3.10. The molecule has 1 aromatic carbocycles. The predicted octanol–water partition coefficient (Wildman–Crippen LogP) is 1.52. The SMILES string of the molecule is CNC(CN)c1c(C)cccc1C. The Morgan fingerprint density at radius 3 is 2.23 bits per heavy atom. The highest BCUT2D eigenvalue weighted by Crippen LogP contribution is 2.20. The number of rotatable bonds is 3. The molecule has 3 N–H and O–H groups in total. The summed E-state index contributed by atoms with van der Waals surface area (Å²) in [5, 5.41) is 3.22. The monoisotopic (exact) mass is 178 g/mol. The van der Waals surface area contributed by atoms with E-state index in [1.54, 1.807) is 0 Å². The Hall–Kier alpha value is -0.860. The molecule has 0 saturated carbocycles. The van der Waals surface area contributed by atoms with Gasteiger partial charge in [0, 0.05) is 12.6 Å². The molecular weight excluding hydrogens is 160 g/mol. The van der Waals surface area contributed by atoms with Crippen LogP contribution in [0.15, 0.2) is 18.2 Å². The third kappa shape index (κ3) is 2.08. The zero-order valence-electron chi connectivity index (χ0n) is 8.59. The first-order valence-electron chi connectivity index (χ1n) is 4.64. The number of benzene rings is 1. The van der Waals surface area contributed by atoms with Crippen LogP contribution in [0.3, 0.4) is 0 Å². The molecule has 0 heterocycles. The molecule has 0 saturated heterocycles. The summed E-state index contributed by atoms with van der Waals surface area (Å²) in [5.74, 6) is 0. The van der Waals surface area contributed by atoms with E-state index in [0.717, 1.165) is 0 Å². The lowest BCUT2D eigenvalue weighted by molar-refractivity contribution is 0.599. The third-order valence-corrected chi connectivity index (χ3v) is 2.47. The lowest BCUT2D eigenvalue weighted by atomic mass is 9.96. The number of nitrogens with one attached hydrogen (secondary N) is 1. The molecule has 2 heteroatoms. The van der Waals surface area contributed by atoms with Crippen molar-refractivity contribution in [1.82, 2.24) is 5.32 Å². The van der Waals surface area contributed by atoms with E-state index < -0.39 is 0 Å². The van der Waals surface area contributed by atoms with Gasteiger partial charge in [-0.1, -0.05) is 18.2 Å². The minimum atomic E-state index is 0.279. The van der Waals surface area contributed by atoms with Gasteiger partial charge in [0.05, 0.1) is 0 Å². The highest BCUT2D eigenvalue weighted by molar-refractivity contribution is 5.36. The van der Waals surface area contributed by atoms with Gasteiger partial charge in [-0.2, -0.15) is 0 Å². The average molecular weight is 178 g/mol. The number of likely N-dealkylation sites (N-methyl/N-ethyl adjacent to an activating group) is 1. The average Bonchev–Trinajstić information content (AvgIpc) is 2.11. The summed E-state index contributed by atoms with van der Waals surface area (Å²) in [4.78, 5) is 0. The molecule has 72 valence electrons. The molecule has 0 aromatic heterocycles. The molecule has 0 radical (unpaired) electrons. The van der Waals surface area contributed by atoms with Gasteiger partial charge in [0.25, 0.3) is 0 Å². The van der Waals surface area contributed by atoms with Crippen LogP contribution in [-0.2, 0) is 0 Å². The molecule has 1 aromatic rings. The normalized spacial score (nSPS) is 12.9. The fourth-order valence-corrected chi connectivity index (χ4v) is 1.76. The van der Waals surface area contributed by atoms with Gasteiger partial charge in [0.1, 0.15) is 0 Å². The summed E-state index contributed by atoms with van der Waals surface area (Å²) >= 11 is 0. The second-order valence-electron chi connectivity index (χ2n) is 3.38. The molecule has 0 aliphatic rings. The van der Waals surface area contributed by atoms with E-state index >= 15 is 0 Å². The van der Waals surface area contributed by atoms with Gasteiger partial charge in [0.15, 0.2) is 0 Å². The molecule has 0 amide bonds. The Bertz CT molecular complexity index is 257. The molecule has 0 spiro atoms. The molecule has 2 nitrogen and oxygen atoms in total. The molecular formula is C11H18N2. The summed E-state index contributed by atoms with van der Waals surface area (Å²) in [6.45, 7) is 4.90. The van der Waals surface area contributed by atoms with Crippen LogP contribution in [0, 0.1) is 13.8 Å². The maximum absolute atomic E-state index is 5.69. The molecule has 0 bridgehead atoms. The van der Waals surface area contributed by atoms with E-state index in [1.165, 1.54) is 16.7 Å². The molecule has 1 rings (SSSR count). The summed E-state index contributed by atoms with van der Waals surface area (Å²) in [6.07, 6.45) is 0. The predicted molar refractivity (Wildman–Crippen MR) is 56.8 cm³/mol. The lowest BCUT2D eigenvalue weighted by Crippen LogP contribution is -2.26. The number of hydrogen-bond donors (Lipinski definition) is 2. The van der Waals surface area contributed by atoms with Crippen molar-refractivity contribution in [3.8, 4) is 0 Å². The van der Waals surface area contributed by atoms with Gasteiger partial charge < -0.3 is 11.1 Å². The van der Waals surface area contributed by atoms with Crippen LogP contribution in [-0.4, -0.2) is 13.6 Å². The van der Waals surface area contributed by atoms with Crippen LogP contribution in [0.2, 0.25) is 0 Å². The van der Waals surface area contributed by atoms with E-state index in [1.807, 2.05) is 7.05 Å². The minimum absolute atomic E-state index is 0.279. The van der Waals surface area contributed by atoms with Gasteiger partial charge in [-0.25, -0.2) is 0 Å². The van der Waals surface area contributed by atoms with Crippen molar-refractivity contribution >= 4 is 0 Å². The molecule has 0 fully saturated rings. The van der Waals surface area contributed by atoms with Crippen LogP contribution in [0.1, 0.15) is 22.7 Å². The summed E-state index contributed by atoms with van der Waals surface area (Å²) < 4.78 is 0. The van der Waals surface area contributed by atoms with Crippen molar-refractivity contribution in [2.45, 2.75) is 19.9 Å². The smallest absolute Gasteiger partial charge is 0.0447 e. The molecule has 1 unspecified atom stereocenters. The highest BCUT2D eigenvalue weighted by Gasteiger charge is 2.11. The van der Waals surface area contributed by atoms with E-state index in [4.69, 9.17) is 5.73 Å². The largest absolute Gasteiger partial charge is 0.329 e. The Kier molecular flexibility index (Phi) is 3.46. The Morgan fingerprint density at radius 2 is 1.85 bits per heavy atom. The molecule has 1 atom stereocenters. The van der Waals surface area contributed by atoms with Crippen molar-refractivity contribution in [2.24, 2.45) is 5.73 Å². The van der Waals surface area contributed by atoms with Gasteiger partial charge >= 0.3 is 0 Å². The van der Waals surface area contributed by atoms with E-state index in [0.29, 0.717) is 6.54 Å². The first-order valence-corrected chi connectivity index (χ1v) is 4.64. The zero-order chi connectivity index (χ0) is 9.84. The van der Waals surface area contributed by atoms with Gasteiger partial charge in [-0.05, 0) is 37.6 Å². The van der Waals surface area contributed by atoms with Crippen molar-refractivity contribution in [1.29, 1.82) is 0 Å². The van der Waals surface area contributed by atoms with Gasteiger partial charge in [0.2, 0.25) is 0 Å². The number of nitrogens with two attached hydrogens (primary N) is 1. The molecule has 13 heavy (non-hydrogen) atoms. The van der Waals surface area contributed by atoms with E-state index in [2.05, 4.69) is 37.4 Å². The highest BCUT2D eigenvalue weighted by atomic mass is 14.9. The third-order valence-electron chi connectivity index (χ3n) is 2.47. The van der Waals surface area contributed by atoms with Crippen molar-refractivity contribution < 1.29 is 0 Å². The first-order chi connectivity index (χ1) is 6.20. The molecule has 0 aliphatic carbocycles. The van der Waals surface area contributed by atoms with E-state index in [-0.39, 0.29) is 6.04 Å². The number of aryl methyl sites for hydroxylation is 2. The van der Waals surface area contributed by atoms with Crippen LogP contribution in [0.4, 0.5) is 0 Å². The maximum atomic E-state index is 5.69. The summed E-state index contributed by atoms with van der Waals surface area (Å²) in [7, 11) is 1.95. The van der Waals surface area contributed by atoms with Crippen LogP contribution in [0.5, 0.6) is 0 Å². The van der Waals surface area contributed by atoms with Gasteiger partial charge in [-0.15, -0.1) is 0 Å². The Morgan fingerprint density at radius 1 is 1.31 bits per heavy atom. The first kappa shape index (κ1) is 10.2. The fraction of sp³-hybridized carbons (Fsp3) is 0.455. The standard InChI is InChI=1S/C11H18N2/c1-8-5-4-6-9(2)11(8)10(7-12)13-3/h4-6,10,13H,7,12H2,1-3H3. The van der Waals surface area contributed by atoms with Crippen LogP contribution in [0.25, 0.3) is 0 Å².